The molecule has 3 unspecified atom stereocenters. The maximum atomic E-state index is 12.9. The average Bonchev–Trinajstić information content (AvgIpc) is 2.69. The molecule has 2 aliphatic rings. The number of aliphatic hydroxyl groups is 1. The second-order valence-electron chi connectivity index (χ2n) is 5.68. The van der Waals surface area contributed by atoms with Crippen LogP contribution < -0.4 is 11.1 Å². The van der Waals surface area contributed by atoms with Crippen molar-refractivity contribution in [2.75, 3.05) is 0 Å². The molecule has 0 saturated carbocycles. The van der Waals surface area contributed by atoms with Gasteiger partial charge in [0.15, 0.2) is 0 Å². The first-order valence-corrected chi connectivity index (χ1v) is 6.56. The Morgan fingerprint density at radius 3 is 2.33 bits per heavy atom. The number of piperidine rings is 1. The van der Waals surface area contributed by atoms with Crippen molar-refractivity contribution in [3.8, 4) is 0 Å². The predicted molar refractivity (Wildman–Crippen MR) is 67.5 cm³/mol. The van der Waals surface area contributed by atoms with Gasteiger partial charge in [-0.3, -0.25) is 0 Å². The molecular formula is C14H19FN2O. The van der Waals surface area contributed by atoms with Crippen molar-refractivity contribution in [1.82, 2.24) is 5.32 Å². The summed E-state index contributed by atoms with van der Waals surface area (Å²) in [5.74, 6) is -0.275. The summed E-state index contributed by atoms with van der Waals surface area (Å²) in [4.78, 5) is 0. The summed E-state index contributed by atoms with van der Waals surface area (Å²) in [5.41, 5.74) is 6.15. The van der Waals surface area contributed by atoms with Crippen LogP contribution in [0.5, 0.6) is 0 Å². The van der Waals surface area contributed by atoms with Gasteiger partial charge < -0.3 is 16.2 Å². The van der Waals surface area contributed by atoms with Crippen LogP contribution in [0.25, 0.3) is 0 Å². The Hall–Kier alpha value is -0.970. The second-order valence-corrected chi connectivity index (χ2v) is 5.68. The average molecular weight is 250 g/mol. The summed E-state index contributed by atoms with van der Waals surface area (Å²) in [7, 11) is 0. The zero-order chi connectivity index (χ0) is 12.8. The molecule has 1 aromatic carbocycles. The molecule has 0 spiro atoms. The van der Waals surface area contributed by atoms with Gasteiger partial charge in [-0.2, -0.15) is 0 Å². The predicted octanol–water partition coefficient (Wildman–Crippen LogP) is 1.47. The highest BCUT2D eigenvalue weighted by molar-refractivity contribution is 5.24. The molecule has 98 valence electrons. The van der Waals surface area contributed by atoms with E-state index in [1.54, 1.807) is 12.1 Å². The number of halogens is 1. The Kier molecular flexibility index (Phi) is 2.88. The summed E-state index contributed by atoms with van der Waals surface area (Å²) in [5, 5.41) is 14.3. The second kappa shape index (κ2) is 4.30. The number of benzene rings is 1. The van der Waals surface area contributed by atoms with E-state index < -0.39 is 11.6 Å². The molecule has 2 saturated heterocycles. The maximum Gasteiger partial charge on any atom is 0.123 e. The fraction of sp³-hybridized carbons (Fsp3) is 0.571. The van der Waals surface area contributed by atoms with Gasteiger partial charge in [-0.25, -0.2) is 4.39 Å². The number of hydrogen-bond acceptors (Lipinski definition) is 3. The molecule has 3 nitrogen and oxygen atoms in total. The van der Waals surface area contributed by atoms with Crippen molar-refractivity contribution in [2.45, 2.75) is 49.4 Å². The van der Waals surface area contributed by atoms with E-state index in [-0.39, 0.29) is 5.82 Å². The lowest BCUT2D eigenvalue weighted by Gasteiger charge is -2.41. The molecule has 3 atom stereocenters. The van der Waals surface area contributed by atoms with Gasteiger partial charge in [0.2, 0.25) is 0 Å². The summed E-state index contributed by atoms with van der Waals surface area (Å²) >= 11 is 0. The highest BCUT2D eigenvalue weighted by Gasteiger charge is 2.46. The molecule has 0 aliphatic carbocycles. The van der Waals surface area contributed by atoms with Crippen LogP contribution in [0.4, 0.5) is 4.39 Å². The zero-order valence-corrected chi connectivity index (χ0v) is 10.3. The van der Waals surface area contributed by atoms with Crippen molar-refractivity contribution in [3.63, 3.8) is 0 Å². The van der Waals surface area contributed by atoms with E-state index in [2.05, 4.69) is 5.32 Å². The Labute approximate surface area is 106 Å². The molecule has 4 N–H and O–H groups in total. The van der Waals surface area contributed by atoms with Crippen LogP contribution in [0.2, 0.25) is 0 Å². The summed E-state index contributed by atoms with van der Waals surface area (Å²) in [6, 6.07) is 6.44. The number of hydrogen-bond donors (Lipinski definition) is 3. The SMILES string of the molecule is NC(c1ccc(F)cc1)C1(O)CC2CCC(C1)N2. The van der Waals surface area contributed by atoms with E-state index in [1.807, 2.05) is 0 Å². The molecule has 2 aliphatic heterocycles. The molecular weight excluding hydrogens is 231 g/mol. The van der Waals surface area contributed by atoms with Gasteiger partial charge in [0, 0.05) is 12.1 Å². The smallest absolute Gasteiger partial charge is 0.123 e. The van der Waals surface area contributed by atoms with Crippen LogP contribution in [0, 0.1) is 5.82 Å². The van der Waals surface area contributed by atoms with Crippen LogP contribution in [0.3, 0.4) is 0 Å². The molecule has 2 bridgehead atoms. The Balaban J connectivity index is 1.82. The quantitative estimate of drug-likeness (QED) is 0.745. The van der Waals surface area contributed by atoms with Crippen LogP contribution >= 0.6 is 0 Å². The van der Waals surface area contributed by atoms with Gasteiger partial charge in [-0.05, 0) is 43.4 Å². The third-order valence-electron chi connectivity index (χ3n) is 4.34. The van der Waals surface area contributed by atoms with E-state index in [0.717, 1.165) is 18.4 Å². The topological polar surface area (TPSA) is 58.3 Å². The van der Waals surface area contributed by atoms with E-state index in [4.69, 9.17) is 5.73 Å². The fourth-order valence-corrected chi connectivity index (χ4v) is 3.40. The fourth-order valence-electron chi connectivity index (χ4n) is 3.40. The lowest BCUT2D eigenvalue weighted by Crippen LogP contribution is -2.53. The summed E-state index contributed by atoms with van der Waals surface area (Å²) in [6.07, 6.45) is 3.59. The number of nitrogens with two attached hydrogens (primary N) is 1. The molecule has 1 aromatic rings. The van der Waals surface area contributed by atoms with E-state index in [1.165, 1.54) is 12.1 Å². The van der Waals surface area contributed by atoms with E-state index in [0.29, 0.717) is 24.9 Å². The summed E-state index contributed by atoms with van der Waals surface area (Å²) < 4.78 is 12.9. The largest absolute Gasteiger partial charge is 0.388 e. The van der Waals surface area contributed by atoms with Gasteiger partial charge >= 0.3 is 0 Å². The molecule has 2 fully saturated rings. The van der Waals surface area contributed by atoms with Crippen molar-refractivity contribution in [1.29, 1.82) is 0 Å². The lowest BCUT2D eigenvalue weighted by molar-refractivity contribution is -0.0297. The van der Waals surface area contributed by atoms with Crippen molar-refractivity contribution in [2.24, 2.45) is 5.73 Å². The van der Waals surface area contributed by atoms with Crippen molar-refractivity contribution >= 4 is 0 Å². The number of fused-ring (bicyclic) bond motifs is 2. The maximum absolute atomic E-state index is 12.9. The zero-order valence-electron chi connectivity index (χ0n) is 10.3. The number of nitrogens with one attached hydrogen (secondary N) is 1. The van der Waals surface area contributed by atoms with Crippen molar-refractivity contribution < 1.29 is 9.50 Å². The Morgan fingerprint density at radius 2 is 1.78 bits per heavy atom. The molecule has 2 heterocycles. The van der Waals surface area contributed by atoms with Gasteiger partial charge in [0.05, 0.1) is 11.6 Å². The number of rotatable bonds is 2. The van der Waals surface area contributed by atoms with Gasteiger partial charge in [-0.1, -0.05) is 12.1 Å². The van der Waals surface area contributed by atoms with Gasteiger partial charge in [0.1, 0.15) is 5.82 Å². The molecule has 4 heteroatoms. The van der Waals surface area contributed by atoms with E-state index in [9.17, 15) is 9.50 Å². The standard InChI is InChI=1S/C14H19FN2O/c15-10-3-1-9(2-4-10)13(16)14(18)7-11-5-6-12(8-14)17-11/h1-4,11-13,17-18H,5-8,16H2. The Morgan fingerprint density at radius 1 is 1.22 bits per heavy atom. The lowest BCUT2D eigenvalue weighted by atomic mass is 9.79. The van der Waals surface area contributed by atoms with Crippen LogP contribution in [-0.2, 0) is 0 Å². The first-order chi connectivity index (χ1) is 8.57. The van der Waals surface area contributed by atoms with Crippen LogP contribution in [0.1, 0.15) is 37.3 Å². The minimum Gasteiger partial charge on any atom is -0.388 e. The molecule has 0 amide bonds. The third kappa shape index (κ3) is 2.05. The summed E-state index contributed by atoms with van der Waals surface area (Å²) in [6.45, 7) is 0. The molecule has 0 aromatic heterocycles. The van der Waals surface area contributed by atoms with Crippen LogP contribution in [-0.4, -0.2) is 22.8 Å². The first-order valence-electron chi connectivity index (χ1n) is 6.56. The molecule has 3 rings (SSSR count). The van der Waals surface area contributed by atoms with E-state index >= 15 is 0 Å². The van der Waals surface area contributed by atoms with Crippen LogP contribution in [0.15, 0.2) is 24.3 Å². The van der Waals surface area contributed by atoms with Gasteiger partial charge in [-0.15, -0.1) is 0 Å². The third-order valence-corrected chi connectivity index (χ3v) is 4.34. The first kappa shape index (κ1) is 12.1. The molecule has 0 radical (unpaired) electrons. The minimum absolute atomic E-state index is 0.275. The molecule has 18 heavy (non-hydrogen) atoms. The normalized spacial score (nSPS) is 36.6. The Bertz CT molecular complexity index is 422. The van der Waals surface area contributed by atoms with Gasteiger partial charge in [0.25, 0.3) is 0 Å². The highest BCUT2D eigenvalue weighted by atomic mass is 19.1. The minimum atomic E-state index is -0.866. The highest BCUT2D eigenvalue weighted by Crippen LogP contribution is 2.40. The monoisotopic (exact) mass is 250 g/mol. The van der Waals surface area contributed by atoms with Crippen molar-refractivity contribution in [3.05, 3.63) is 35.6 Å².